The van der Waals surface area contributed by atoms with Crippen molar-refractivity contribution in [1.82, 2.24) is 4.90 Å². The van der Waals surface area contributed by atoms with Gasteiger partial charge in [-0.05, 0) is 106 Å². The van der Waals surface area contributed by atoms with Crippen LogP contribution in [0.5, 0.6) is 0 Å². The van der Waals surface area contributed by atoms with E-state index in [1.165, 1.54) is 83.6 Å². The Hall–Kier alpha value is -0.480. The van der Waals surface area contributed by atoms with Crippen molar-refractivity contribution in [3.8, 4) is 11.8 Å². The van der Waals surface area contributed by atoms with E-state index >= 15 is 0 Å². The molecule has 0 saturated carbocycles. The lowest BCUT2D eigenvalue weighted by Gasteiger charge is -2.19. The fourth-order valence-corrected chi connectivity index (χ4v) is 5.09. The molecule has 0 aromatic rings. The molecular weight excluding hydrogens is 615 g/mol. The first kappa shape index (κ1) is 65.4. The molecule has 0 radical (unpaired) electrons. The summed E-state index contributed by atoms with van der Waals surface area (Å²) in [5.41, 5.74) is 0.522. The normalized spacial score (nSPS) is 10.6. The van der Waals surface area contributed by atoms with Crippen LogP contribution in [0.15, 0.2) is 0 Å². The van der Waals surface area contributed by atoms with E-state index in [4.69, 9.17) is 0 Å². The Morgan fingerprint density at radius 3 is 0.902 bits per heavy atom. The lowest BCUT2D eigenvalue weighted by atomic mass is 9.86. The van der Waals surface area contributed by atoms with Crippen LogP contribution < -0.4 is 0 Å². The molecule has 0 amide bonds. The van der Waals surface area contributed by atoms with Crippen molar-refractivity contribution < 1.29 is 0 Å². The number of hydrogen-bond acceptors (Lipinski definition) is 1. The first-order valence-corrected chi connectivity index (χ1v) is 22.3. The van der Waals surface area contributed by atoms with Crippen molar-refractivity contribution in [3.63, 3.8) is 0 Å². The van der Waals surface area contributed by atoms with Gasteiger partial charge < -0.3 is 4.90 Å². The third-order valence-corrected chi connectivity index (χ3v) is 7.17. The molecule has 0 fully saturated rings. The van der Waals surface area contributed by atoms with Gasteiger partial charge in [-0.3, -0.25) is 0 Å². The Balaban J connectivity index is -0.0000000889. The summed E-state index contributed by atoms with van der Waals surface area (Å²) in [5, 5.41) is 0. The van der Waals surface area contributed by atoms with Gasteiger partial charge in [-0.15, -0.1) is 11.8 Å². The van der Waals surface area contributed by atoms with Crippen molar-refractivity contribution in [2.75, 3.05) is 20.6 Å². The highest BCUT2D eigenvalue weighted by Crippen LogP contribution is 2.23. The van der Waals surface area contributed by atoms with Gasteiger partial charge in [0, 0.05) is 6.42 Å². The third-order valence-electron chi connectivity index (χ3n) is 7.17. The summed E-state index contributed by atoms with van der Waals surface area (Å²) < 4.78 is 0. The number of hydrogen-bond donors (Lipinski definition) is 0. The summed E-state index contributed by atoms with van der Waals surface area (Å²) in [5.74, 6) is 12.7. The molecular formula is C50H111N. The van der Waals surface area contributed by atoms with Gasteiger partial charge in [0.25, 0.3) is 0 Å². The number of unbranched alkanes of at least 4 members (excludes halogenated alkanes) is 2. The van der Waals surface area contributed by atoms with E-state index in [0.717, 1.165) is 53.8 Å². The Labute approximate surface area is 331 Å². The van der Waals surface area contributed by atoms with Crippen molar-refractivity contribution in [3.05, 3.63) is 0 Å². The van der Waals surface area contributed by atoms with Crippen LogP contribution in [0.2, 0.25) is 0 Å². The molecule has 316 valence electrons. The Morgan fingerprint density at radius 2 is 0.804 bits per heavy atom. The summed E-state index contributed by atoms with van der Waals surface area (Å²) in [6.07, 6.45) is 17.4. The van der Waals surface area contributed by atoms with Gasteiger partial charge in [-0.2, -0.15) is 0 Å². The standard InChI is InChI=1S/C8H19N.C8H18.3C7H16.C7H12.C6H14/c1-8(2)6-5-7-9(3)4;1-7(2)6-8(3,4)5;1-6(2)5-7(3)4;3*1-4-5-6-7(2)3;1-4-5-6(2)3/h8H,5-7H2,1-4H3;7H,6H2,1-5H3;6-7H,5H2,1-4H3;2*7H,4-6H2,1-3H3;7H,6H2,1-3H3;6H,4-5H2,1-3H3. The van der Waals surface area contributed by atoms with Crippen LogP contribution in [0.25, 0.3) is 0 Å². The third kappa shape index (κ3) is 128. The summed E-state index contributed by atoms with van der Waals surface area (Å²) in [6, 6.07) is 0. The Bertz CT molecular complexity index is 590. The quantitative estimate of drug-likeness (QED) is 0.143. The fraction of sp³-hybridized carbons (Fsp3) is 0.960. The monoisotopic (exact) mass is 726 g/mol. The van der Waals surface area contributed by atoms with E-state index in [2.05, 4.69) is 183 Å². The van der Waals surface area contributed by atoms with Gasteiger partial charge in [-0.25, -0.2) is 0 Å². The van der Waals surface area contributed by atoms with E-state index in [9.17, 15) is 0 Å². The van der Waals surface area contributed by atoms with Crippen LogP contribution in [-0.4, -0.2) is 25.5 Å². The SMILES string of the molecule is CC#CCC(C)C.CC(C)CC(C)(C)C.CC(C)CC(C)C.CC(C)CCCN(C)C.CCCC(C)C.CCCCC(C)C.CCCCC(C)C. The van der Waals surface area contributed by atoms with Crippen molar-refractivity contribution in [1.29, 1.82) is 0 Å². The van der Waals surface area contributed by atoms with Gasteiger partial charge in [0.15, 0.2) is 0 Å². The Kier molecular flexibility index (Phi) is 63.5. The molecule has 51 heavy (non-hydrogen) atoms. The predicted molar refractivity (Wildman–Crippen MR) is 247 cm³/mol. The summed E-state index contributed by atoms with van der Waals surface area (Å²) in [7, 11) is 4.25. The van der Waals surface area contributed by atoms with E-state index in [1.807, 2.05) is 6.92 Å². The summed E-state index contributed by atoms with van der Waals surface area (Å²) in [6.45, 7) is 52.7. The average Bonchev–Trinajstić information content (AvgIpc) is 2.93. The highest BCUT2D eigenvalue weighted by molar-refractivity contribution is 4.95. The molecule has 0 spiro atoms. The lowest BCUT2D eigenvalue weighted by Crippen LogP contribution is -2.13. The van der Waals surface area contributed by atoms with Crippen LogP contribution in [-0.2, 0) is 0 Å². The van der Waals surface area contributed by atoms with Crippen molar-refractivity contribution in [2.24, 2.45) is 52.8 Å². The molecule has 1 heteroatoms. The summed E-state index contributed by atoms with van der Waals surface area (Å²) in [4.78, 5) is 2.24. The maximum atomic E-state index is 3.00. The maximum absolute atomic E-state index is 3.00. The van der Waals surface area contributed by atoms with E-state index in [-0.39, 0.29) is 0 Å². The molecule has 0 aliphatic carbocycles. The molecule has 0 saturated heterocycles. The zero-order valence-corrected chi connectivity index (χ0v) is 41.5. The van der Waals surface area contributed by atoms with Crippen LogP contribution in [0.1, 0.15) is 243 Å². The van der Waals surface area contributed by atoms with Crippen LogP contribution in [0, 0.1) is 64.6 Å². The number of rotatable bonds is 16. The topological polar surface area (TPSA) is 3.24 Å². The van der Waals surface area contributed by atoms with Crippen LogP contribution in [0.3, 0.4) is 0 Å². The lowest BCUT2D eigenvalue weighted by molar-refractivity contribution is 0.320. The molecule has 0 bridgehead atoms. The minimum atomic E-state index is 0.522. The zero-order valence-electron chi connectivity index (χ0n) is 41.5. The molecule has 1 nitrogen and oxygen atoms in total. The largest absolute Gasteiger partial charge is 0.309 e. The second kappa shape index (κ2) is 49.5. The van der Waals surface area contributed by atoms with Gasteiger partial charge >= 0.3 is 0 Å². The van der Waals surface area contributed by atoms with E-state index in [1.54, 1.807) is 0 Å². The number of nitrogens with zero attached hydrogens (tertiary/aromatic N) is 1. The first-order chi connectivity index (χ1) is 23.2. The molecule has 0 aliphatic rings. The predicted octanol–water partition coefficient (Wildman–Crippen LogP) is 17.9. The first-order valence-electron chi connectivity index (χ1n) is 22.3. The maximum Gasteiger partial charge on any atom is 0.0112 e. The second-order valence-electron chi connectivity index (χ2n) is 19.8. The molecule has 0 aromatic carbocycles. The van der Waals surface area contributed by atoms with Gasteiger partial charge in [-0.1, -0.05) is 204 Å². The average molecular weight is 726 g/mol. The highest BCUT2D eigenvalue weighted by Gasteiger charge is 2.11. The minimum Gasteiger partial charge on any atom is -0.309 e. The van der Waals surface area contributed by atoms with Crippen molar-refractivity contribution in [2.45, 2.75) is 243 Å². The fourth-order valence-electron chi connectivity index (χ4n) is 5.09. The molecule has 0 aliphatic heterocycles. The van der Waals surface area contributed by atoms with Crippen molar-refractivity contribution >= 4 is 0 Å². The molecule has 0 atom stereocenters. The molecule has 0 unspecified atom stereocenters. The highest BCUT2D eigenvalue weighted by atomic mass is 15.0. The zero-order chi connectivity index (χ0) is 42.0. The minimum absolute atomic E-state index is 0.522. The Morgan fingerprint density at radius 1 is 0.451 bits per heavy atom. The van der Waals surface area contributed by atoms with Crippen LogP contribution in [0.4, 0.5) is 0 Å². The molecule has 0 N–H and O–H groups in total. The smallest absolute Gasteiger partial charge is 0.0112 e. The summed E-state index contributed by atoms with van der Waals surface area (Å²) >= 11 is 0. The van der Waals surface area contributed by atoms with Gasteiger partial charge in [0.1, 0.15) is 0 Å². The van der Waals surface area contributed by atoms with Crippen LogP contribution >= 0.6 is 0 Å². The molecule has 0 heterocycles. The second-order valence-corrected chi connectivity index (χ2v) is 19.8. The van der Waals surface area contributed by atoms with E-state index < -0.39 is 0 Å². The van der Waals surface area contributed by atoms with Gasteiger partial charge in [0.05, 0.1) is 0 Å². The molecule has 0 aromatic heterocycles. The molecule has 0 rings (SSSR count). The van der Waals surface area contributed by atoms with Gasteiger partial charge in [0.2, 0.25) is 0 Å². The van der Waals surface area contributed by atoms with E-state index in [0.29, 0.717) is 5.41 Å².